The van der Waals surface area contributed by atoms with Crippen LogP contribution in [0.5, 0.6) is 0 Å². The van der Waals surface area contributed by atoms with Crippen LogP contribution < -0.4 is 10.6 Å². The predicted molar refractivity (Wildman–Crippen MR) is 75.3 cm³/mol. The molecule has 0 unspecified atom stereocenters. The monoisotopic (exact) mass is 270 g/mol. The number of hydrogen-bond acceptors (Lipinski definition) is 2. The van der Waals surface area contributed by atoms with Gasteiger partial charge >= 0.3 is 0 Å². The fraction of sp³-hybridized carbons (Fsp3) is 0.333. The summed E-state index contributed by atoms with van der Waals surface area (Å²) in [5.74, 6) is -0.0728. The molecule has 0 atom stereocenters. The third kappa shape index (κ3) is 5.15. The molecule has 0 saturated heterocycles. The van der Waals surface area contributed by atoms with Crippen LogP contribution in [0.1, 0.15) is 26.2 Å². The van der Waals surface area contributed by atoms with Gasteiger partial charge in [0, 0.05) is 6.42 Å². The van der Waals surface area contributed by atoms with Crippen molar-refractivity contribution in [2.45, 2.75) is 26.2 Å². The molecule has 3 nitrogen and oxygen atoms in total. The van der Waals surface area contributed by atoms with Gasteiger partial charge in [0.15, 0.2) is 5.11 Å². The second-order valence-electron chi connectivity index (χ2n) is 3.59. The molecule has 0 fully saturated rings. The summed E-state index contributed by atoms with van der Waals surface area (Å²) in [5, 5.41) is 6.34. The van der Waals surface area contributed by atoms with E-state index in [4.69, 9.17) is 23.8 Å². The zero-order valence-electron chi connectivity index (χ0n) is 9.63. The number of unbranched alkanes of at least 4 members (excludes halogenated alkanes) is 1. The molecule has 17 heavy (non-hydrogen) atoms. The molecule has 0 spiro atoms. The van der Waals surface area contributed by atoms with E-state index in [1.54, 1.807) is 12.1 Å². The van der Waals surface area contributed by atoms with Crippen molar-refractivity contribution in [1.29, 1.82) is 0 Å². The van der Waals surface area contributed by atoms with Crippen LogP contribution in [0.2, 0.25) is 5.02 Å². The Morgan fingerprint density at radius 3 is 2.76 bits per heavy atom. The summed E-state index contributed by atoms with van der Waals surface area (Å²) in [7, 11) is 0. The maximum atomic E-state index is 11.4. The molecule has 0 aliphatic heterocycles. The van der Waals surface area contributed by atoms with Crippen molar-refractivity contribution in [3.8, 4) is 0 Å². The molecular formula is C12H15ClN2OS. The molecule has 0 aliphatic rings. The first-order valence-corrected chi connectivity index (χ1v) is 6.27. The summed E-state index contributed by atoms with van der Waals surface area (Å²) in [6.45, 7) is 2.04. The summed E-state index contributed by atoms with van der Waals surface area (Å²) in [5.41, 5.74) is 0.690. The first kappa shape index (κ1) is 13.9. The predicted octanol–water partition coefficient (Wildman–Crippen LogP) is 3.34. The SMILES string of the molecule is CCCCC(=O)NC(=S)Nc1ccccc1Cl. The number of nitrogens with one attached hydrogen (secondary N) is 2. The highest BCUT2D eigenvalue weighted by molar-refractivity contribution is 7.80. The van der Waals surface area contributed by atoms with Gasteiger partial charge in [0.2, 0.25) is 5.91 Å². The summed E-state index contributed by atoms with van der Waals surface area (Å²) >= 11 is 11.0. The summed E-state index contributed by atoms with van der Waals surface area (Å²) in [6.07, 6.45) is 2.33. The average Bonchev–Trinajstić information content (AvgIpc) is 2.29. The number of rotatable bonds is 4. The smallest absolute Gasteiger partial charge is 0.226 e. The minimum atomic E-state index is -0.0728. The Morgan fingerprint density at radius 1 is 1.41 bits per heavy atom. The molecule has 1 amide bonds. The van der Waals surface area contributed by atoms with E-state index in [-0.39, 0.29) is 11.0 Å². The van der Waals surface area contributed by atoms with Gasteiger partial charge in [0.05, 0.1) is 10.7 Å². The van der Waals surface area contributed by atoms with Crippen molar-refractivity contribution in [2.24, 2.45) is 0 Å². The third-order valence-corrected chi connectivity index (χ3v) is 2.67. The highest BCUT2D eigenvalue weighted by Gasteiger charge is 2.05. The van der Waals surface area contributed by atoms with Crippen LogP contribution in [0.4, 0.5) is 5.69 Å². The Bertz CT molecular complexity index is 409. The van der Waals surface area contributed by atoms with Crippen LogP contribution in [-0.2, 0) is 4.79 Å². The molecule has 92 valence electrons. The zero-order chi connectivity index (χ0) is 12.7. The van der Waals surface area contributed by atoms with Crippen LogP contribution in [0.25, 0.3) is 0 Å². The van der Waals surface area contributed by atoms with Crippen LogP contribution in [0, 0.1) is 0 Å². The van der Waals surface area contributed by atoms with Gasteiger partial charge in [-0.15, -0.1) is 0 Å². The van der Waals surface area contributed by atoms with E-state index in [0.717, 1.165) is 12.8 Å². The van der Waals surface area contributed by atoms with Crippen molar-refractivity contribution in [3.63, 3.8) is 0 Å². The zero-order valence-corrected chi connectivity index (χ0v) is 11.2. The second kappa shape index (κ2) is 7.25. The number of hydrogen-bond donors (Lipinski definition) is 2. The lowest BCUT2D eigenvalue weighted by Crippen LogP contribution is -2.33. The highest BCUT2D eigenvalue weighted by atomic mass is 35.5. The van der Waals surface area contributed by atoms with Crippen molar-refractivity contribution >= 4 is 40.5 Å². The molecule has 5 heteroatoms. The number of amides is 1. The maximum absolute atomic E-state index is 11.4. The van der Waals surface area contributed by atoms with E-state index in [0.29, 0.717) is 17.1 Å². The number of anilines is 1. The number of para-hydroxylation sites is 1. The van der Waals surface area contributed by atoms with Gasteiger partial charge in [-0.25, -0.2) is 0 Å². The topological polar surface area (TPSA) is 41.1 Å². The lowest BCUT2D eigenvalue weighted by atomic mass is 10.2. The highest BCUT2D eigenvalue weighted by Crippen LogP contribution is 2.20. The van der Waals surface area contributed by atoms with Gasteiger partial charge in [0.1, 0.15) is 0 Å². The Kier molecular flexibility index (Phi) is 5.94. The lowest BCUT2D eigenvalue weighted by molar-refractivity contribution is -0.119. The van der Waals surface area contributed by atoms with E-state index in [1.807, 2.05) is 19.1 Å². The van der Waals surface area contributed by atoms with Gasteiger partial charge < -0.3 is 10.6 Å². The fourth-order valence-corrected chi connectivity index (χ4v) is 1.65. The molecule has 1 rings (SSSR count). The molecule has 0 bridgehead atoms. The molecule has 0 radical (unpaired) electrons. The summed E-state index contributed by atoms with van der Waals surface area (Å²) in [6, 6.07) is 7.23. The molecule has 1 aromatic rings. The Labute approximate surface area is 112 Å². The van der Waals surface area contributed by atoms with Crippen LogP contribution in [0.15, 0.2) is 24.3 Å². The normalized spacial score (nSPS) is 9.76. The number of carbonyl (C=O) groups excluding carboxylic acids is 1. The van der Waals surface area contributed by atoms with Crippen molar-refractivity contribution in [3.05, 3.63) is 29.3 Å². The Hall–Kier alpha value is -1.13. The van der Waals surface area contributed by atoms with Gasteiger partial charge in [-0.2, -0.15) is 0 Å². The van der Waals surface area contributed by atoms with Crippen molar-refractivity contribution in [1.82, 2.24) is 5.32 Å². The number of benzene rings is 1. The summed E-state index contributed by atoms with van der Waals surface area (Å²) in [4.78, 5) is 11.4. The van der Waals surface area contributed by atoms with Crippen molar-refractivity contribution < 1.29 is 4.79 Å². The molecule has 2 N–H and O–H groups in total. The summed E-state index contributed by atoms with van der Waals surface area (Å²) < 4.78 is 0. The van der Waals surface area contributed by atoms with Gasteiger partial charge in [-0.05, 0) is 30.8 Å². The quantitative estimate of drug-likeness (QED) is 0.825. The number of carbonyl (C=O) groups is 1. The van der Waals surface area contributed by atoms with E-state index in [2.05, 4.69) is 10.6 Å². The van der Waals surface area contributed by atoms with Crippen LogP contribution >= 0.6 is 23.8 Å². The molecular weight excluding hydrogens is 256 g/mol. The molecule has 0 heterocycles. The van der Waals surface area contributed by atoms with Gasteiger partial charge in [0.25, 0.3) is 0 Å². The molecule has 0 aliphatic carbocycles. The minimum Gasteiger partial charge on any atom is -0.331 e. The van der Waals surface area contributed by atoms with E-state index < -0.39 is 0 Å². The van der Waals surface area contributed by atoms with Crippen LogP contribution in [-0.4, -0.2) is 11.0 Å². The van der Waals surface area contributed by atoms with E-state index >= 15 is 0 Å². The first-order chi connectivity index (χ1) is 8.13. The Morgan fingerprint density at radius 2 is 2.12 bits per heavy atom. The van der Waals surface area contributed by atoms with Gasteiger partial charge in [-0.3, -0.25) is 4.79 Å². The maximum Gasteiger partial charge on any atom is 0.226 e. The number of thiocarbonyl (C=S) groups is 1. The second-order valence-corrected chi connectivity index (χ2v) is 4.40. The molecule has 1 aromatic carbocycles. The lowest BCUT2D eigenvalue weighted by Gasteiger charge is -2.10. The fourth-order valence-electron chi connectivity index (χ4n) is 1.24. The number of halogens is 1. The van der Waals surface area contributed by atoms with E-state index in [1.165, 1.54) is 0 Å². The average molecular weight is 271 g/mol. The van der Waals surface area contributed by atoms with Crippen molar-refractivity contribution in [2.75, 3.05) is 5.32 Å². The first-order valence-electron chi connectivity index (χ1n) is 5.49. The molecule has 0 aromatic heterocycles. The third-order valence-electron chi connectivity index (χ3n) is 2.13. The van der Waals surface area contributed by atoms with Crippen LogP contribution in [0.3, 0.4) is 0 Å². The Balaban J connectivity index is 2.45. The molecule has 0 saturated carbocycles. The largest absolute Gasteiger partial charge is 0.331 e. The minimum absolute atomic E-state index is 0.0728. The van der Waals surface area contributed by atoms with E-state index in [9.17, 15) is 4.79 Å². The standard InChI is InChI=1S/C12H15ClN2OS/c1-2-3-8-11(16)15-12(17)14-10-7-5-4-6-9(10)13/h4-7H,2-3,8H2,1H3,(H2,14,15,16,17). The van der Waals surface area contributed by atoms with Gasteiger partial charge in [-0.1, -0.05) is 37.1 Å².